The molecule has 0 unspecified atom stereocenters. The van der Waals surface area contributed by atoms with E-state index >= 15 is 0 Å². The van der Waals surface area contributed by atoms with Gasteiger partial charge in [-0.2, -0.15) is 5.26 Å². The number of ketones is 1. The lowest BCUT2D eigenvalue weighted by Gasteiger charge is -2.06. The van der Waals surface area contributed by atoms with Crippen LogP contribution in [0, 0.1) is 11.3 Å². The summed E-state index contributed by atoms with van der Waals surface area (Å²) in [5, 5.41) is 11.2. The number of halogens is 1. The van der Waals surface area contributed by atoms with Gasteiger partial charge in [-0.1, -0.05) is 11.6 Å². The SMILES string of the molecule is N#Cc1ccc(NC(=O)COC(=O)CCC(=O)c2ccc(Cl)s2)cc1. The van der Waals surface area contributed by atoms with E-state index in [9.17, 15) is 14.4 Å². The molecule has 0 aliphatic heterocycles. The number of nitrogens with one attached hydrogen (secondary N) is 1. The van der Waals surface area contributed by atoms with Crippen LogP contribution in [0.15, 0.2) is 36.4 Å². The Morgan fingerprint density at radius 2 is 1.84 bits per heavy atom. The van der Waals surface area contributed by atoms with Gasteiger partial charge in [0.25, 0.3) is 5.91 Å². The molecule has 2 rings (SSSR count). The van der Waals surface area contributed by atoms with Crippen molar-refractivity contribution in [3.63, 3.8) is 0 Å². The Morgan fingerprint density at radius 3 is 2.44 bits per heavy atom. The molecule has 0 aliphatic rings. The van der Waals surface area contributed by atoms with Crippen LogP contribution in [0.3, 0.4) is 0 Å². The Hall–Kier alpha value is -2.69. The van der Waals surface area contributed by atoms with Crippen molar-refractivity contribution in [3.05, 3.63) is 51.2 Å². The molecule has 0 saturated heterocycles. The average Bonchev–Trinajstić information content (AvgIpc) is 3.05. The molecule has 0 atom stereocenters. The Bertz CT molecular complexity index is 824. The lowest BCUT2D eigenvalue weighted by Crippen LogP contribution is -2.21. The van der Waals surface area contributed by atoms with Crippen LogP contribution in [0.1, 0.15) is 28.1 Å². The summed E-state index contributed by atoms with van der Waals surface area (Å²) in [7, 11) is 0. The molecule has 0 saturated carbocycles. The summed E-state index contributed by atoms with van der Waals surface area (Å²) >= 11 is 6.90. The molecule has 0 radical (unpaired) electrons. The normalized spacial score (nSPS) is 9.92. The summed E-state index contributed by atoms with van der Waals surface area (Å²) in [5.74, 6) is -1.34. The van der Waals surface area contributed by atoms with Crippen molar-refractivity contribution in [2.75, 3.05) is 11.9 Å². The van der Waals surface area contributed by atoms with Gasteiger partial charge in [-0.25, -0.2) is 0 Å². The fraction of sp³-hybridized carbons (Fsp3) is 0.176. The van der Waals surface area contributed by atoms with Crippen molar-refractivity contribution in [1.82, 2.24) is 0 Å². The van der Waals surface area contributed by atoms with Crippen LogP contribution >= 0.6 is 22.9 Å². The van der Waals surface area contributed by atoms with Gasteiger partial charge in [-0.3, -0.25) is 14.4 Å². The molecule has 0 fully saturated rings. The fourth-order valence-corrected chi connectivity index (χ4v) is 2.86. The minimum atomic E-state index is -0.633. The molecule has 1 amide bonds. The van der Waals surface area contributed by atoms with Gasteiger partial charge in [-0.15, -0.1) is 11.3 Å². The summed E-state index contributed by atoms with van der Waals surface area (Å²) in [6.45, 7) is -0.447. The maximum atomic E-state index is 11.8. The van der Waals surface area contributed by atoms with Crippen LogP contribution in [-0.2, 0) is 14.3 Å². The van der Waals surface area contributed by atoms with Crippen molar-refractivity contribution in [1.29, 1.82) is 5.26 Å². The van der Waals surface area contributed by atoms with Crippen LogP contribution in [0.25, 0.3) is 0 Å². The van der Waals surface area contributed by atoms with Gasteiger partial charge in [-0.05, 0) is 36.4 Å². The zero-order valence-electron chi connectivity index (χ0n) is 13.0. The second-order valence-electron chi connectivity index (χ2n) is 4.92. The lowest BCUT2D eigenvalue weighted by atomic mass is 10.2. The number of carbonyl (C=O) groups is 3. The molecule has 8 heteroatoms. The molecule has 0 aliphatic carbocycles. The first kappa shape index (κ1) is 18.6. The summed E-state index contributed by atoms with van der Waals surface area (Å²) in [5.41, 5.74) is 0.964. The van der Waals surface area contributed by atoms with E-state index in [1.54, 1.807) is 36.4 Å². The zero-order valence-corrected chi connectivity index (χ0v) is 14.5. The molecule has 1 aromatic heterocycles. The number of Topliss-reactive ketones (excluding diaryl/α,β-unsaturated/α-hetero) is 1. The first-order valence-corrected chi connectivity index (χ1v) is 8.41. The number of rotatable bonds is 7. The molecule has 128 valence electrons. The van der Waals surface area contributed by atoms with Gasteiger partial charge < -0.3 is 10.1 Å². The van der Waals surface area contributed by atoms with E-state index < -0.39 is 18.5 Å². The number of hydrogen-bond acceptors (Lipinski definition) is 6. The molecule has 1 aromatic carbocycles. The van der Waals surface area contributed by atoms with E-state index in [2.05, 4.69) is 5.32 Å². The first-order valence-electron chi connectivity index (χ1n) is 7.22. The van der Waals surface area contributed by atoms with Crippen molar-refractivity contribution < 1.29 is 19.1 Å². The second-order valence-corrected chi connectivity index (χ2v) is 6.64. The van der Waals surface area contributed by atoms with Gasteiger partial charge in [0.1, 0.15) is 0 Å². The van der Waals surface area contributed by atoms with E-state index in [1.807, 2.05) is 6.07 Å². The maximum absolute atomic E-state index is 11.8. The smallest absolute Gasteiger partial charge is 0.306 e. The maximum Gasteiger partial charge on any atom is 0.306 e. The highest BCUT2D eigenvalue weighted by molar-refractivity contribution is 7.18. The van der Waals surface area contributed by atoms with Crippen LogP contribution < -0.4 is 5.32 Å². The van der Waals surface area contributed by atoms with Crippen molar-refractivity contribution in [3.8, 4) is 6.07 Å². The number of nitriles is 1. The molecule has 25 heavy (non-hydrogen) atoms. The number of hydrogen-bond donors (Lipinski definition) is 1. The zero-order chi connectivity index (χ0) is 18.2. The van der Waals surface area contributed by atoms with E-state index in [0.717, 1.165) is 11.3 Å². The standard InChI is InChI=1S/C17H13ClN2O4S/c18-15-7-6-14(25-15)13(21)5-8-17(23)24-10-16(22)20-12-3-1-11(9-19)2-4-12/h1-4,6-7H,5,8,10H2,(H,20,22). The van der Waals surface area contributed by atoms with Crippen molar-refractivity contribution >= 4 is 46.3 Å². The first-order chi connectivity index (χ1) is 12.0. The molecule has 0 spiro atoms. The largest absolute Gasteiger partial charge is 0.456 e. The summed E-state index contributed by atoms with van der Waals surface area (Å²) in [6.07, 6.45) is -0.120. The minimum Gasteiger partial charge on any atom is -0.456 e. The monoisotopic (exact) mass is 376 g/mol. The topological polar surface area (TPSA) is 96.3 Å². The number of ether oxygens (including phenoxy) is 1. The Morgan fingerprint density at radius 1 is 1.12 bits per heavy atom. The van der Waals surface area contributed by atoms with Crippen LogP contribution in [-0.4, -0.2) is 24.3 Å². The van der Waals surface area contributed by atoms with Gasteiger partial charge >= 0.3 is 5.97 Å². The number of amides is 1. The number of anilines is 1. The number of benzene rings is 1. The van der Waals surface area contributed by atoms with E-state index in [-0.39, 0.29) is 18.6 Å². The number of thiophene rings is 1. The van der Waals surface area contributed by atoms with Gasteiger partial charge in [0.15, 0.2) is 12.4 Å². The molecular formula is C17H13ClN2O4S. The summed E-state index contributed by atoms with van der Waals surface area (Å²) in [6, 6.07) is 11.5. The van der Waals surface area contributed by atoms with Crippen LogP contribution in [0.2, 0.25) is 4.34 Å². The third-order valence-electron chi connectivity index (χ3n) is 3.07. The predicted molar refractivity (Wildman–Crippen MR) is 93.6 cm³/mol. The molecule has 0 bridgehead atoms. The summed E-state index contributed by atoms with van der Waals surface area (Å²) < 4.78 is 5.34. The minimum absolute atomic E-state index is 0.00703. The number of esters is 1. The van der Waals surface area contributed by atoms with Gasteiger partial charge in [0, 0.05) is 12.1 Å². The fourth-order valence-electron chi connectivity index (χ4n) is 1.85. The average molecular weight is 377 g/mol. The molecule has 6 nitrogen and oxygen atoms in total. The Kier molecular flexibility index (Phi) is 6.69. The van der Waals surface area contributed by atoms with Crippen LogP contribution in [0.5, 0.6) is 0 Å². The number of carbonyl (C=O) groups excluding carboxylic acids is 3. The van der Waals surface area contributed by atoms with Crippen LogP contribution in [0.4, 0.5) is 5.69 Å². The second kappa shape index (κ2) is 8.97. The highest BCUT2D eigenvalue weighted by atomic mass is 35.5. The number of nitrogens with zero attached hydrogens (tertiary/aromatic N) is 1. The molecule has 2 aromatic rings. The van der Waals surface area contributed by atoms with Gasteiger partial charge in [0.2, 0.25) is 0 Å². The third kappa shape index (κ3) is 6.03. The lowest BCUT2D eigenvalue weighted by molar-refractivity contribution is -0.147. The van der Waals surface area contributed by atoms with E-state index in [4.69, 9.17) is 21.6 Å². The van der Waals surface area contributed by atoms with E-state index in [1.165, 1.54) is 0 Å². The van der Waals surface area contributed by atoms with Gasteiger partial charge in [0.05, 0.1) is 27.3 Å². The molecule has 1 N–H and O–H groups in total. The summed E-state index contributed by atoms with van der Waals surface area (Å²) in [4.78, 5) is 35.6. The predicted octanol–water partition coefficient (Wildman–Crippen LogP) is 3.42. The van der Waals surface area contributed by atoms with E-state index in [0.29, 0.717) is 20.5 Å². The Labute approximate surface area is 153 Å². The van der Waals surface area contributed by atoms with Crippen molar-refractivity contribution in [2.24, 2.45) is 0 Å². The third-order valence-corrected chi connectivity index (χ3v) is 4.34. The molecular weight excluding hydrogens is 364 g/mol. The Balaban J connectivity index is 1.71. The highest BCUT2D eigenvalue weighted by Gasteiger charge is 2.13. The molecule has 1 heterocycles. The van der Waals surface area contributed by atoms with Crippen molar-refractivity contribution in [2.45, 2.75) is 12.8 Å². The highest BCUT2D eigenvalue weighted by Crippen LogP contribution is 2.22. The quantitative estimate of drug-likeness (QED) is 0.590.